The normalized spacial score (nSPS) is 23.9. The van der Waals surface area contributed by atoms with Crippen LogP contribution in [-0.2, 0) is 42.1 Å². The number of piperazine rings is 1. The van der Waals surface area contributed by atoms with E-state index in [0.29, 0.717) is 49.9 Å². The van der Waals surface area contributed by atoms with Crippen molar-refractivity contribution in [2.45, 2.75) is 29.8 Å². The van der Waals surface area contributed by atoms with Crippen molar-refractivity contribution in [1.29, 1.82) is 0 Å². The minimum absolute atomic E-state index is 0.0517. The van der Waals surface area contributed by atoms with Crippen molar-refractivity contribution >= 4 is 29.2 Å². The van der Waals surface area contributed by atoms with Crippen molar-refractivity contribution in [3.05, 3.63) is 83.0 Å². The smallest absolute Gasteiger partial charge is 0.248 e. The average Bonchev–Trinajstić information content (AvgIpc) is 3.42. The molecule has 11 heteroatoms. The molecule has 11 nitrogen and oxygen atoms in total. The summed E-state index contributed by atoms with van der Waals surface area (Å²) in [6.45, 7) is 1.38. The molecule has 2 saturated heterocycles. The SMILES string of the molecule is COc1cccc(C2CNC3(COCCOC3)C(=O)N2CC(=O)Nc2ccc3c(c2)CC2(C3)C(=O)Nc3ncccc32)c1. The summed E-state index contributed by atoms with van der Waals surface area (Å²) in [4.78, 5) is 46.6. The lowest BCUT2D eigenvalue weighted by molar-refractivity contribution is -0.151. The molecule has 0 saturated carbocycles. The molecule has 2 spiro atoms. The number of carbonyl (C=O) groups excluding carboxylic acids is 3. The number of benzene rings is 2. The summed E-state index contributed by atoms with van der Waals surface area (Å²) in [6, 6.07) is 16.7. The van der Waals surface area contributed by atoms with E-state index in [9.17, 15) is 14.4 Å². The molecule has 43 heavy (non-hydrogen) atoms. The first-order valence-electron chi connectivity index (χ1n) is 14.4. The topological polar surface area (TPSA) is 131 Å². The molecule has 7 rings (SSSR count). The Morgan fingerprint density at radius 3 is 2.70 bits per heavy atom. The first kappa shape index (κ1) is 27.5. The third-order valence-electron chi connectivity index (χ3n) is 9.01. The van der Waals surface area contributed by atoms with Gasteiger partial charge in [-0.1, -0.05) is 24.3 Å². The molecule has 4 aliphatic rings. The maximum absolute atomic E-state index is 14.1. The molecule has 3 amide bonds. The van der Waals surface area contributed by atoms with Crippen LogP contribution in [0.5, 0.6) is 5.75 Å². The number of nitrogens with one attached hydrogen (secondary N) is 3. The fraction of sp³-hybridized carbons (Fsp3) is 0.375. The van der Waals surface area contributed by atoms with E-state index < -0.39 is 17.0 Å². The predicted molar refractivity (Wildman–Crippen MR) is 157 cm³/mol. The van der Waals surface area contributed by atoms with Gasteiger partial charge >= 0.3 is 0 Å². The molecule has 3 aliphatic heterocycles. The maximum atomic E-state index is 14.1. The van der Waals surface area contributed by atoms with Crippen LogP contribution in [0.15, 0.2) is 60.8 Å². The largest absolute Gasteiger partial charge is 0.497 e. The van der Waals surface area contributed by atoms with E-state index in [1.54, 1.807) is 18.2 Å². The fourth-order valence-electron chi connectivity index (χ4n) is 6.80. The highest BCUT2D eigenvalue weighted by atomic mass is 16.5. The van der Waals surface area contributed by atoms with Gasteiger partial charge in [-0.3, -0.25) is 19.7 Å². The Hall–Kier alpha value is -4.32. The van der Waals surface area contributed by atoms with Crippen molar-refractivity contribution < 1.29 is 28.6 Å². The lowest BCUT2D eigenvalue weighted by Gasteiger charge is -2.45. The molecule has 2 fully saturated rings. The van der Waals surface area contributed by atoms with Crippen LogP contribution in [-0.4, -0.2) is 79.8 Å². The van der Waals surface area contributed by atoms with Crippen LogP contribution in [0.1, 0.15) is 28.3 Å². The molecule has 0 radical (unpaired) electrons. The van der Waals surface area contributed by atoms with E-state index in [4.69, 9.17) is 14.2 Å². The molecule has 4 heterocycles. The van der Waals surface area contributed by atoms with Gasteiger partial charge < -0.3 is 29.7 Å². The number of anilines is 2. The van der Waals surface area contributed by atoms with E-state index >= 15 is 0 Å². The third kappa shape index (κ3) is 4.73. The monoisotopic (exact) mass is 583 g/mol. The van der Waals surface area contributed by atoms with Gasteiger partial charge in [-0.2, -0.15) is 0 Å². The van der Waals surface area contributed by atoms with Crippen LogP contribution >= 0.6 is 0 Å². The number of amides is 3. The number of methoxy groups -OCH3 is 1. The van der Waals surface area contributed by atoms with Crippen LogP contribution < -0.4 is 20.7 Å². The van der Waals surface area contributed by atoms with Gasteiger partial charge in [0, 0.05) is 24.0 Å². The number of ether oxygens (including phenoxy) is 3. The maximum Gasteiger partial charge on any atom is 0.248 e. The van der Waals surface area contributed by atoms with Crippen molar-refractivity contribution in [3.63, 3.8) is 0 Å². The van der Waals surface area contributed by atoms with Crippen LogP contribution in [0.2, 0.25) is 0 Å². The second-order valence-electron chi connectivity index (χ2n) is 11.6. The molecule has 0 bridgehead atoms. The van der Waals surface area contributed by atoms with Crippen LogP contribution in [0.25, 0.3) is 0 Å². The Balaban J connectivity index is 1.12. The summed E-state index contributed by atoms with van der Waals surface area (Å²) in [5, 5.41) is 9.30. The van der Waals surface area contributed by atoms with Crippen molar-refractivity contribution in [3.8, 4) is 5.75 Å². The average molecular weight is 584 g/mol. The van der Waals surface area contributed by atoms with Crippen LogP contribution in [0.4, 0.5) is 11.5 Å². The number of nitrogens with zero attached hydrogens (tertiary/aromatic N) is 2. The van der Waals surface area contributed by atoms with E-state index in [-0.39, 0.29) is 37.5 Å². The van der Waals surface area contributed by atoms with Crippen molar-refractivity contribution in [2.24, 2.45) is 0 Å². The summed E-state index contributed by atoms with van der Waals surface area (Å²) in [5.41, 5.74) is 2.68. The number of pyridine rings is 1. The summed E-state index contributed by atoms with van der Waals surface area (Å²) in [5.74, 6) is 0.654. The first-order chi connectivity index (χ1) is 20.9. The van der Waals surface area contributed by atoms with Crippen LogP contribution in [0, 0.1) is 0 Å². The van der Waals surface area contributed by atoms with Gasteiger partial charge in [0.25, 0.3) is 0 Å². The second kappa shape index (κ2) is 10.7. The van der Waals surface area contributed by atoms with Gasteiger partial charge in [0.05, 0.1) is 45.0 Å². The molecule has 2 unspecified atom stereocenters. The minimum atomic E-state index is -1.07. The Kier molecular flexibility index (Phi) is 6.88. The van der Waals surface area contributed by atoms with Gasteiger partial charge in [-0.15, -0.1) is 0 Å². The Morgan fingerprint density at radius 1 is 1.07 bits per heavy atom. The zero-order valence-corrected chi connectivity index (χ0v) is 23.9. The lowest BCUT2D eigenvalue weighted by atomic mass is 9.79. The molecular weight excluding hydrogens is 550 g/mol. The summed E-state index contributed by atoms with van der Waals surface area (Å²) in [7, 11) is 1.59. The first-order valence-corrected chi connectivity index (χ1v) is 14.4. The number of carbonyl (C=O) groups is 3. The highest BCUT2D eigenvalue weighted by Gasteiger charge is 2.51. The zero-order valence-electron chi connectivity index (χ0n) is 23.9. The number of hydrogen-bond donors (Lipinski definition) is 3. The van der Waals surface area contributed by atoms with Crippen LogP contribution in [0.3, 0.4) is 0 Å². The minimum Gasteiger partial charge on any atom is -0.497 e. The molecule has 222 valence electrons. The standard InChI is InChI=1S/C32H33N5O6/c1-41-24-5-2-4-20(13-24)26-16-34-32(18-42-10-11-43-19-32)30(40)37(26)17-27(38)35-23-8-7-21-14-31(15-22(21)12-23)25-6-3-9-33-28(25)36-29(31)39/h2-9,12-13,26,34H,10-11,14-19H2,1H3,(H,35,38)(H,33,36,39). The molecule has 1 aromatic heterocycles. The summed E-state index contributed by atoms with van der Waals surface area (Å²) in [6.07, 6.45) is 2.77. The van der Waals surface area contributed by atoms with Gasteiger partial charge in [-0.25, -0.2) is 4.98 Å². The molecule has 1 aliphatic carbocycles. The Labute approximate surface area is 248 Å². The van der Waals surface area contributed by atoms with Gasteiger partial charge in [0.1, 0.15) is 23.7 Å². The van der Waals surface area contributed by atoms with E-state index in [0.717, 1.165) is 22.3 Å². The van der Waals surface area contributed by atoms with Crippen molar-refractivity contribution in [1.82, 2.24) is 15.2 Å². The number of rotatable bonds is 5. The third-order valence-corrected chi connectivity index (χ3v) is 9.01. The number of fused-ring (bicyclic) bond motifs is 3. The highest BCUT2D eigenvalue weighted by Crippen LogP contribution is 2.47. The quantitative estimate of drug-likeness (QED) is 0.416. The van der Waals surface area contributed by atoms with Gasteiger partial charge in [0.2, 0.25) is 17.7 Å². The molecule has 3 N–H and O–H groups in total. The number of hydrogen-bond acceptors (Lipinski definition) is 8. The van der Waals surface area contributed by atoms with Crippen molar-refractivity contribution in [2.75, 3.05) is 57.3 Å². The predicted octanol–water partition coefficient (Wildman–Crippen LogP) is 1.98. The van der Waals surface area contributed by atoms with E-state index in [2.05, 4.69) is 20.9 Å². The molecule has 2 atom stereocenters. The zero-order chi connectivity index (χ0) is 29.6. The second-order valence-corrected chi connectivity index (χ2v) is 11.6. The number of aromatic nitrogens is 1. The molecular formula is C32H33N5O6. The Morgan fingerprint density at radius 2 is 1.88 bits per heavy atom. The van der Waals surface area contributed by atoms with E-state index in [1.165, 1.54) is 0 Å². The van der Waals surface area contributed by atoms with Gasteiger partial charge in [0.15, 0.2) is 0 Å². The molecule has 3 aromatic rings. The van der Waals surface area contributed by atoms with Gasteiger partial charge in [-0.05, 0) is 59.9 Å². The highest BCUT2D eigenvalue weighted by molar-refractivity contribution is 6.06. The fourth-order valence-corrected chi connectivity index (χ4v) is 6.80. The molecule has 2 aromatic carbocycles. The van der Waals surface area contributed by atoms with E-state index in [1.807, 2.05) is 54.6 Å². The Bertz CT molecular complexity index is 1600. The summed E-state index contributed by atoms with van der Waals surface area (Å²) < 4.78 is 16.8. The summed E-state index contributed by atoms with van der Waals surface area (Å²) >= 11 is 0. The lowest BCUT2D eigenvalue weighted by Crippen LogP contribution is -2.69.